The second-order valence-corrected chi connectivity index (χ2v) is 5.58. The van der Waals surface area contributed by atoms with Crippen LogP contribution in [0.15, 0.2) is 54.7 Å². The number of hydrogen-bond acceptors (Lipinski definition) is 5. The summed E-state index contributed by atoms with van der Waals surface area (Å²) in [4.78, 5) is 13.9. The molecule has 3 aromatic heterocycles. The molecule has 0 spiro atoms. The number of hydrogen-bond donors (Lipinski definition) is 0. The van der Waals surface area contributed by atoms with E-state index in [2.05, 4.69) is 20.3 Å². The molecule has 0 saturated heterocycles. The van der Waals surface area contributed by atoms with Gasteiger partial charge in [0, 0.05) is 23.3 Å². The third-order valence-corrected chi connectivity index (χ3v) is 4.39. The average Bonchev–Trinajstić information content (AvgIpc) is 3.24. The van der Waals surface area contributed by atoms with Crippen molar-refractivity contribution in [1.29, 1.82) is 0 Å². The summed E-state index contributed by atoms with van der Waals surface area (Å²) < 4.78 is 7.13. The maximum atomic E-state index is 5.22. The summed E-state index contributed by atoms with van der Waals surface area (Å²) in [5, 5.41) is 3.15. The average molecular weight is 308 g/mol. The van der Waals surface area contributed by atoms with E-state index in [-0.39, 0.29) is 0 Å². The predicted octanol–water partition coefficient (Wildman–Crippen LogP) is 3.55. The first-order valence-corrected chi connectivity index (χ1v) is 7.60. The fourth-order valence-corrected chi connectivity index (χ4v) is 3.33. The Morgan fingerprint density at radius 3 is 2.73 bits per heavy atom. The second kappa shape index (κ2) is 5.23. The summed E-state index contributed by atoms with van der Waals surface area (Å²) in [5.41, 5.74) is 2.23. The van der Waals surface area contributed by atoms with Crippen molar-refractivity contribution in [3.63, 3.8) is 0 Å². The lowest BCUT2D eigenvalue weighted by molar-refractivity contribution is 0.415. The molecule has 5 nitrogen and oxygen atoms in total. The van der Waals surface area contributed by atoms with Gasteiger partial charge in [-0.2, -0.15) is 0 Å². The van der Waals surface area contributed by atoms with Crippen molar-refractivity contribution in [1.82, 2.24) is 19.5 Å². The number of nitrogens with zero attached hydrogens (tertiary/aromatic N) is 4. The summed E-state index contributed by atoms with van der Waals surface area (Å²) in [5.74, 6) is 1.68. The molecule has 22 heavy (non-hydrogen) atoms. The van der Waals surface area contributed by atoms with Gasteiger partial charge in [0.1, 0.15) is 23.2 Å². The van der Waals surface area contributed by atoms with Crippen LogP contribution in [-0.4, -0.2) is 26.6 Å². The molecule has 0 aliphatic rings. The van der Waals surface area contributed by atoms with Crippen molar-refractivity contribution in [2.75, 3.05) is 7.11 Å². The molecule has 0 atom stereocenters. The maximum Gasteiger partial charge on any atom is 0.150 e. The van der Waals surface area contributed by atoms with Crippen molar-refractivity contribution in [2.24, 2.45) is 0 Å². The van der Waals surface area contributed by atoms with E-state index in [4.69, 9.17) is 4.74 Å². The van der Waals surface area contributed by atoms with Gasteiger partial charge >= 0.3 is 0 Å². The summed E-state index contributed by atoms with van der Waals surface area (Å²) >= 11 is 1.61. The Labute approximate surface area is 130 Å². The van der Waals surface area contributed by atoms with Gasteiger partial charge in [-0.15, -0.1) is 11.3 Å². The van der Waals surface area contributed by atoms with Gasteiger partial charge < -0.3 is 4.74 Å². The van der Waals surface area contributed by atoms with Gasteiger partial charge in [-0.3, -0.25) is 4.57 Å². The maximum absolute atomic E-state index is 5.22. The lowest BCUT2D eigenvalue weighted by Gasteiger charge is -2.06. The molecular formula is C16H12N4OS. The number of methoxy groups -OCH3 is 1. The molecular weight excluding hydrogens is 296 g/mol. The highest BCUT2D eigenvalue weighted by atomic mass is 32.1. The topological polar surface area (TPSA) is 52.8 Å². The van der Waals surface area contributed by atoms with Crippen LogP contribution in [0.2, 0.25) is 0 Å². The number of aromatic nitrogens is 4. The minimum absolute atomic E-state index is 0.842. The van der Waals surface area contributed by atoms with Gasteiger partial charge in [0.25, 0.3) is 0 Å². The van der Waals surface area contributed by atoms with E-state index in [1.807, 2.05) is 35.0 Å². The first-order valence-electron chi connectivity index (χ1n) is 6.72. The molecule has 4 rings (SSSR count). The summed E-state index contributed by atoms with van der Waals surface area (Å²) in [7, 11) is 1.67. The number of fused-ring (bicyclic) bond motifs is 1. The number of thiophene rings is 1. The Morgan fingerprint density at radius 1 is 1.14 bits per heavy atom. The van der Waals surface area contributed by atoms with Crippen molar-refractivity contribution in [3.8, 4) is 22.7 Å². The van der Waals surface area contributed by atoms with Crippen LogP contribution in [0.4, 0.5) is 0 Å². The fraction of sp³-hybridized carbons (Fsp3) is 0.0625. The monoisotopic (exact) mass is 308 g/mol. The Bertz CT molecular complexity index is 913. The van der Waals surface area contributed by atoms with Gasteiger partial charge in [0.05, 0.1) is 12.5 Å². The Morgan fingerprint density at radius 2 is 2.00 bits per heavy atom. The summed E-state index contributed by atoms with van der Waals surface area (Å²) in [6, 6.07) is 8.01. The molecule has 0 bridgehead atoms. The zero-order valence-electron chi connectivity index (χ0n) is 11.8. The molecule has 3 heterocycles. The van der Waals surface area contributed by atoms with Crippen molar-refractivity contribution in [2.45, 2.75) is 0 Å². The van der Waals surface area contributed by atoms with Crippen LogP contribution in [0, 0.1) is 0 Å². The van der Waals surface area contributed by atoms with Crippen molar-refractivity contribution in [3.05, 3.63) is 54.7 Å². The summed E-state index contributed by atoms with van der Waals surface area (Å²) in [6.45, 7) is 0. The highest BCUT2D eigenvalue weighted by Crippen LogP contribution is 2.36. The number of ether oxygens (including phenoxy) is 1. The molecule has 4 aromatic rings. The van der Waals surface area contributed by atoms with Crippen LogP contribution >= 0.6 is 11.3 Å². The van der Waals surface area contributed by atoms with Crippen LogP contribution in [-0.2, 0) is 0 Å². The van der Waals surface area contributed by atoms with Gasteiger partial charge in [-0.25, -0.2) is 15.0 Å². The molecule has 0 unspecified atom stereocenters. The quantitative estimate of drug-likeness (QED) is 0.581. The van der Waals surface area contributed by atoms with Gasteiger partial charge in [0.15, 0.2) is 5.82 Å². The number of benzene rings is 1. The second-order valence-electron chi connectivity index (χ2n) is 4.73. The van der Waals surface area contributed by atoms with Crippen LogP contribution in [0.3, 0.4) is 0 Å². The van der Waals surface area contributed by atoms with Crippen molar-refractivity contribution >= 4 is 21.6 Å². The molecule has 1 aromatic carbocycles. The fourth-order valence-electron chi connectivity index (χ4n) is 2.42. The van der Waals surface area contributed by atoms with Crippen molar-refractivity contribution < 1.29 is 4.74 Å². The molecule has 0 saturated carbocycles. The van der Waals surface area contributed by atoms with E-state index in [9.17, 15) is 0 Å². The molecule has 0 radical (unpaired) electrons. The minimum Gasteiger partial charge on any atom is -0.497 e. The third kappa shape index (κ3) is 2.05. The van der Waals surface area contributed by atoms with Crippen LogP contribution in [0.25, 0.3) is 27.2 Å². The van der Waals surface area contributed by atoms with Crippen LogP contribution in [0.5, 0.6) is 5.75 Å². The highest BCUT2D eigenvalue weighted by Gasteiger charge is 2.14. The van der Waals surface area contributed by atoms with Gasteiger partial charge in [-0.1, -0.05) is 12.1 Å². The zero-order chi connectivity index (χ0) is 14.9. The van der Waals surface area contributed by atoms with Crippen LogP contribution in [0.1, 0.15) is 0 Å². The van der Waals surface area contributed by atoms with E-state index in [1.54, 1.807) is 37.3 Å². The van der Waals surface area contributed by atoms with Crippen LogP contribution < -0.4 is 4.74 Å². The Kier molecular flexibility index (Phi) is 3.08. The molecule has 6 heteroatoms. The third-order valence-electron chi connectivity index (χ3n) is 3.50. The smallest absolute Gasteiger partial charge is 0.150 e. The Hall–Kier alpha value is -2.73. The van der Waals surface area contributed by atoms with E-state index < -0.39 is 0 Å². The number of rotatable bonds is 3. The van der Waals surface area contributed by atoms with E-state index in [1.165, 1.54) is 0 Å². The molecule has 108 valence electrons. The lowest BCUT2D eigenvalue weighted by Crippen LogP contribution is -1.96. The Balaban J connectivity index is 1.94. The first kappa shape index (κ1) is 13.0. The zero-order valence-corrected chi connectivity index (χ0v) is 12.6. The van der Waals surface area contributed by atoms with E-state index >= 15 is 0 Å². The lowest BCUT2D eigenvalue weighted by atomic mass is 10.1. The molecule has 0 amide bonds. The van der Waals surface area contributed by atoms with E-state index in [0.717, 1.165) is 32.9 Å². The van der Waals surface area contributed by atoms with Gasteiger partial charge in [-0.05, 0) is 17.7 Å². The van der Waals surface area contributed by atoms with Gasteiger partial charge in [0.2, 0.25) is 0 Å². The molecule has 0 aliphatic heterocycles. The molecule has 0 fully saturated rings. The SMILES string of the molecule is COc1ccc(-c2csc3ncnc(-n4ccnc4)c23)cc1. The number of imidazole rings is 1. The molecule has 0 aliphatic carbocycles. The van der Waals surface area contributed by atoms with E-state index in [0.29, 0.717) is 0 Å². The minimum atomic E-state index is 0.842. The standard InChI is InChI=1S/C16H12N4OS/c1-21-12-4-2-11(3-5-12)13-8-22-16-14(13)15(18-9-19-16)20-7-6-17-10-20/h2-10H,1H3. The normalized spacial score (nSPS) is 11.0. The molecule has 0 N–H and O–H groups in total. The highest BCUT2D eigenvalue weighted by molar-refractivity contribution is 7.17. The predicted molar refractivity (Wildman–Crippen MR) is 86.5 cm³/mol. The first-order chi connectivity index (χ1) is 10.9. The summed E-state index contributed by atoms with van der Waals surface area (Å²) in [6.07, 6.45) is 6.97. The largest absolute Gasteiger partial charge is 0.497 e.